The van der Waals surface area contributed by atoms with Crippen molar-refractivity contribution in [1.82, 2.24) is 14.5 Å². The number of pyridine rings is 1. The number of hydrogen-bond acceptors (Lipinski definition) is 6. The lowest BCUT2D eigenvalue weighted by atomic mass is 10.0. The lowest BCUT2D eigenvalue weighted by Gasteiger charge is -2.30. The largest absolute Gasteiger partial charge is 0.497 e. The number of benzene rings is 4. The third kappa shape index (κ3) is 5.73. The van der Waals surface area contributed by atoms with Gasteiger partial charge in [-0.3, -0.25) is 9.36 Å². The number of fused-ring (bicyclic) bond motifs is 1. The van der Waals surface area contributed by atoms with Gasteiger partial charge >= 0.3 is 0 Å². The fourth-order valence-electron chi connectivity index (χ4n) is 5.71. The van der Waals surface area contributed by atoms with Gasteiger partial charge in [0.05, 0.1) is 42.8 Å². The minimum Gasteiger partial charge on any atom is -0.497 e. The minimum atomic E-state index is -0.146. The summed E-state index contributed by atoms with van der Waals surface area (Å²) in [7, 11) is 1.66. The van der Waals surface area contributed by atoms with Gasteiger partial charge in [-0.1, -0.05) is 84.9 Å². The zero-order chi connectivity index (χ0) is 30.6. The number of aromatic nitrogens is 3. The van der Waals surface area contributed by atoms with Crippen LogP contribution in [0, 0.1) is 0 Å². The Morgan fingerprint density at radius 3 is 2.11 bits per heavy atom. The van der Waals surface area contributed by atoms with Gasteiger partial charge in [-0.25, -0.2) is 9.97 Å². The number of methoxy groups -OCH3 is 1. The number of morpholine rings is 1. The van der Waals surface area contributed by atoms with E-state index < -0.39 is 0 Å². The molecule has 7 rings (SSSR count). The molecule has 0 atom stereocenters. The Labute approximate surface area is 261 Å². The summed E-state index contributed by atoms with van der Waals surface area (Å²) in [5.41, 5.74) is 5.60. The van der Waals surface area contributed by atoms with Crippen molar-refractivity contribution < 1.29 is 9.47 Å². The maximum Gasteiger partial charge on any atom is 0.267 e. The van der Waals surface area contributed by atoms with E-state index in [1.54, 1.807) is 11.7 Å². The molecule has 1 saturated heterocycles. The van der Waals surface area contributed by atoms with Crippen molar-refractivity contribution in [2.45, 2.75) is 0 Å². The fourth-order valence-corrected chi connectivity index (χ4v) is 5.71. The highest BCUT2D eigenvalue weighted by Crippen LogP contribution is 2.31. The summed E-state index contributed by atoms with van der Waals surface area (Å²) < 4.78 is 12.9. The maximum absolute atomic E-state index is 14.7. The first-order valence-corrected chi connectivity index (χ1v) is 15.0. The highest BCUT2D eigenvalue weighted by molar-refractivity contribution is 5.94. The van der Waals surface area contributed by atoms with Gasteiger partial charge < -0.3 is 14.4 Å². The summed E-state index contributed by atoms with van der Waals surface area (Å²) in [5.74, 6) is 1.97. The summed E-state index contributed by atoms with van der Waals surface area (Å²) in [5, 5.41) is 0.926. The molecule has 4 aromatic carbocycles. The van der Waals surface area contributed by atoms with Gasteiger partial charge in [0.15, 0.2) is 0 Å². The first-order valence-electron chi connectivity index (χ1n) is 15.0. The molecule has 0 unspecified atom stereocenters. The minimum absolute atomic E-state index is 0.146. The van der Waals surface area contributed by atoms with E-state index in [2.05, 4.69) is 11.0 Å². The van der Waals surface area contributed by atoms with E-state index in [0.717, 1.165) is 44.7 Å². The normalized spacial score (nSPS) is 13.4. The lowest BCUT2D eigenvalue weighted by Crippen LogP contribution is -2.39. The SMILES string of the molecule is COc1ccc2nc(-c3ccccc3)cc(/C=C/c3c(N4CCOCC4)nc(-c4ccccc4)n(-c4ccccc4)c3=O)c2c1. The molecule has 3 heterocycles. The molecule has 2 aromatic heterocycles. The van der Waals surface area contributed by atoms with E-state index in [4.69, 9.17) is 19.4 Å². The molecule has 7 heteroatoms. The zero-order valence-corrected chi connectivity index (χ0v) is 25.0. The van der Waals surface area contributed by atoms with Crippen LogP contribution in [-0.2, 0) is 4.74 Å². The van der Waals surface area contributed by atoms with Gasteiger partial charge in [-0.05, 0) is 48.0 Å². The molecule has 222 valence electrons. The van der Waals surface area contributed by atoms with Gasteiger partial charge in [-0.2, -0.15) is 0 Å². The predicted octanol–water partition coefficient (Wildman–Crippen LogP) is 7.13. The summed E-state index contributed by atoms with van der Waals surface area (Å²) in [6.07, 6.45) is 3.90. The molecule has 45 heavy (non-hydrogen) atoms. The van der Waals surface area contributed by atoms with E-state index in [1.807, 2.05) is 121 Å². The number of rotatable bonds is 7. The van der Waals surface area contributed by atoms with Crippen molar-refractivity contribution in [3.05, 3.63) is 137 Å². The lowest BCUT2D eigenvalue weighted by molar-refractivity contribution is 0.122. The molecule has 0 saturated carbocycles. The average Bonchev–Trinajstić information content (AvgIpc) is 3.11. The highest BCUT2D eigenvalue weighted by atomic mass is 16.5. The number of hydrogen-bond donors (Lipinski definition) is 0. The van der Waals surface area contributed by atoms with Crippen LogP contribution in [-0.4, -0.2) is 47.9 Å². The molecule has 1 fully saturated rings. The monoisotopic (exact) mass is 592 g/mol. The third-order valence-corrected chi connectivity index (χ3v) is 8.00. The molecule has 0 amide bonds. The summed E-state index contributed by atoms with van der Waals surface area (Å²) in [4.78, 5) is 27.0. The smallest absolute Gasteiger partial charge is 0.267 e. The quantitative estimate of drug-likeness (QED) is 0.196. The number of para-hydroxylation sites is 1. The molecule has 1 aliphatic rings. The summed E-state index contributed by atoms with van der Waals surface area (Å²) >= 11 is 0. The van der Waals surface area contributed by atoms with E-state index in [1.165, 1.54) is 0 Å². The van der Waals surface area contributed by atoms with E-state index in [9.17, 15) is 4.79 Å². The summed E-state index contributed by atoms with van der Waals surface area (Å²) in [6.45, 7) is 2.43. The van der Waals surface area contributed by atoms with Crippen LogP contribution in [0.2, 0.25) is 0 Å². The zero-order valence-electron chi connectivity index (χ0n) is 25.0. The molecule has 6 aromatic rings. The Balaban J connectivity index is 1.47. The Hall–Kier alpha value is -5.53. The van der Waals surface area contributed by atoms with Crippen LogP contribution in [0.1, 0.15) is 11.1 Å². The number of ether oxygens (including phenoxy) is 2. The van der Waals surface area contributed by atoms with Crippen LogP contribution in [0.25, 0.3) is 51.4 Å². The average molecular weight is 593 g/mol. The van der Waals surface area contributed by atoms with Crippen LogP contribution >= 0.6 is 0 Å². The maximum atomic E-state index is 14.7. The third-order valence-electron chi connectivity index (χ3n) is 8.00. The van der Waals surface area contributed by atoms with Crippen molar-refractivity contribution in [3.63, 3.8) is 0 Å². The molecule has 7 nitrogen and oxygen atoms in total. The van der Waals surface area contributed by atoms with Gasteiger partial charge in [0.1, 0.15) is 17.4 Å². The first-order chi connectivity index (χ1) is 22.2. The highest BCUT2D eigenvalue weighted by Gasteiger charge is 2.23. The van der Waals surface area contributed by atoms with Crippen molar-refractivity contribution in [1.29, 1.82) is 0 Å². The predicted molar refractivity (Wildman–Crippen MR) is 181 cm³/mol. The van der Waals surface area contributed by atoms with Crippen LogP contribution < -0.4 is 15.2 Å². The molecule has 0 N–H and O–H groups in total. The molecular weight excluding hydrogens is 560 g/mol. The molecule has 0 spiro atoms. The summed E-state index contributed by atoms with van der Waals surface area (Å²) in [6, 6.07) is 37.6. The van der Waals surface area contributed by atoms with Gasteiger partial charge in [0.25, 0.3) is 5.56 Å². The van der Waals surface area contributed by atoms with Crippen molar-refractivity contribution in [2.24, 2.45) is 0 Å². The first kappa shape index (κ1) is 28.3. The van der Waals surface area contributed by atoms with E-state index in [0.29, 0.717) is 43.5 Å². The Kier molecular flexibility index (Phi) is 7.91. The van der Waals surface area contributed by atoms with Crippen molar-refractivity contribution >= 4 is 28.9 Å². The number of anilines is 1. The standard InChI is InChI=1S/C38H32N4O3/c1-44-31-18-20-34-33(26-31)29(25-35(39-34)27-11-5-2-6-12-27)17-19-32-37(41-21-23-45-24-22-41)40-36(28-13-7-3-8-14-28)42(38(32)43)30-15-9-4-10-16-30/h2-20,25-26H,21-24H2,1H3/b19-17+. The molecule has 1 aliphatic heterocycles. The second-order valence-electron chi connectivity index (χ2n) is 10.8. The topological polar surface area (TPSA) is 69.5 Å². The Morgan fingerprint density at radius 2 is 1.42 bits per heavy atom. The van der Waals surface area contributed by atoms with Gasteiger partial charge in [0.2, 0.25) is 0 Å². The van der Waals surface area contributed by atoms with Crippen LogP contribution in [0.4, 0.5) is 5.82 Å². The van der Waals surface area contributed by atoms with E-state index in [-0.39, 0.29) is 5.56 Å². The van der Waals surface area contributed by atoms with Crippen molar-refractivity contribution in [2.75, 3.05) is 38.3 Å². The second-order valence-corrected chi connectivity index (χ2v) is 10.8. The van der Waals surface area contributed by atoms with Crippen LogP contribution in [0.5, 0.6) is 5.75 Å². The van der Waals surface area contributed by atoms with Crippen LogP contribution in [0.15, 0.2) is 120 Å². The van der Waals surface area contributed by atoms with E-state index >= 15 is 0 Å². The molecular formula is C38H32N4O3. The second kappa shape index (κ2) is 12.6. The van der Waals surface area contributed by atoms with Crippen LogP contribution in [0.3, 0.4) is 0 Å². The van der Waals surface area contributed by atoms with Crippen molar-refractivity contribution in [3.8, 4) is 34.1 Å². The van der Waals surface area contributed by atoms with Gasteiger partial charge in [0, 0.05) is 29.6 Å². The number of nitrogens with zero attached hydrogens (tertiary/aromatic N) is 4. The molecule has 0 bridgehead atoms. The fraction of sp³-hybridized carbons (Fsp3) is 0.132. The molecule has 0 radical (unpaired) electrons. The Bertz CT molecular complexity index is 2040. The Morgan fingerprint density at radius 1 is 0.756 bits per heavy atom. The molecule has 0 aliphatic carbocycles. The van der Waals surface area contributed by atoms with Gasteiger partial charge in [-0.15, -0.1) is 0 Å².